The maximum Gasteiger partial charge on any atom is 0.296 e. The molecule has 0 aliphatic carbocycles. The van der Waals surface area contributed by atoms with Gasteiger partial charge in [0.25, 0.3) is 14.2 Å². The van der Waals surface area contributed by atoms with Crippen molar-refractivity contribution in [2.75, 3.05) is 0 Å². The number of rotatable bonds is 3. The molecule has 0 saturated heterocycles. The van der Waals surface area contributed by atoms with Gasteiger partial charge in [0.1, 0.15) is 0 Å². The van der Waals surface area contributed by atoms with Crippen LogP contribution in [0, 0.1) is 0 Å². The fraction of sp³-hybridized carbons (Fsp3) is 0.333. The fourth-order valence-corrected chi connectivity index (χ4v) is 3.65. The molecule has 0 fully saturated rings. The zero-order valence-electron chi connectivity index (χ0n) is 9.46. The zero-order chi connectivity index (χ0) is 13.5. The van der Waals surface area contributed by atoms with Crippen molar-refractivity contribution in [2.24, 2.45) is 0 Å². The highest BCUT2D eigenvalue weighted by molar-refractivity contribution is 9.11. The molecule has 0 aliphatic rings. The molecule has 5 nitrogen and oxygen atoms in total. The predicted molar refractivity (Wildman–Crippen MR) is 74.5 cm³/mol. The van der Waals surface area contributed by atoms with Crippen molar-refractivity contribution in [1.82, 2.24) is 14.8 Å². The predicted octanol–water partition coefficient (Wildman–Crippen LogP) is 3.28. The molecular weight excluding hydrogens is 362 g/mol. The van der Waals surface area contributed by atoms with Crippen molar-refractivity contribution in [2.45, 2.75) is 25.0 Å². The first kappa shape index (κ1) is 14.0. The first-order valence-corrected chi connectivity index (χ1v) is 8.93. The van der Waals surface area contributed by atoms with Gasteiger partial charge in [-0.15, -0.1) is 21.5 Å². The number of halogens is 2. The lowest BCUT2D eigenvalue weighted by molar-refractivity contribution is 0.530. The van der Waals surface area contributed by atoms with E-state index in [0.29, 0.717) is 5.82 Å². The molecule has 0 aliphatic heterocycles. The molecule has 0 aromatic carbocycles. The zero-order valence-corrected chi connectivity index (χ0v) is 13.4. The smallest absolute Gasteiger partial charge is 0.294 e. The molecule has 0 atom stereocenters. The van der Waals surface area contributed by atoms with Crippen molar-refractivity contribution in [3.8, 4) is 11.4 Å². The maximum atomic E-state index is 11.4. The Balaban J connectivity index is 2.67. The number of aromatic nitrogens is 3. The summed E-state index contributed by atoms with van der Waals surface area (Å²) in [6, 6.07) is 1.75. The summed E-state index contributed by atoms with van der Waals surface area (Å²) in [7, 11) is 1.45. The van der Waals surface area contributed by atoms with E-state index in [-0.39, 0.29) is 11.2 Å². The molecule has 9 heteroatoms. The highest BCUT2D eigenvalue weighted by Gasteiger charge is 2.25. The molecule has 0 bridgehead atoms. The monoisotopic (exact) mass is 369 g/mol. The summed E-state index contributed by atoms with van der Waals surface area (Å²) in [6.07, 6.45) is 0. The van der Waals surface area contributed by atoms with E-state index < -0.39 is 9.05 Å². The van der Waals surface area contributed by atoms with E-state index >= 15 is 0 Å². The van der Waals surface area contributed by atoms with E-state index in [1.165, 1.54) is 15.9 Å². The molecule has 0 spiro atoms. The molecule has 2 heterocycles. The second-order valence-corrected chi connectivity index (χ2v) is 8.60. The molecule has 0 amide bonds. The van der Waals surface area contributed by atoms with Crippen molar-refractivity contribution < 1.29 is 8.42 Å². The van der Waals surface area contributed by atoms with Crippen LogP contribution < -0.4 is 0 Å². The van der Waals surface area contributed by atoms with E-state index in [9.17, 15) is 8.42 Å². The van der Waals surface area contributed by atoms with Crippen LogP contribution >= 0.6 is 37.9 Å². The second-order valence-electron chi connectivity index (χ2n) is 3.85. The molecule has 2 aromatic heterocycles. The first-order chi connectivity index (χ1) is 8.30. The van der Waals surface area contributed by atoms with Gasteiger partial charge >= 0.3 is 0 Å². The Hall–Kier alpha value is -0.440. The standard InChI is InChI=1S/C9H9BrClN3O2S2/c1-5(2)14-8(6-3-7(10)17-4-6)12-13-9(14)18(11,15)16/h3-5H,1-2H3. The normalized spacial score (nSPS) is 12.3. The lowest BCUT2D eigenvalue weighted by Gasteiger charge is -2.11. The SMILES string of the molecule is CC(C)n1c(-c2csc(Br)c2)nnc1S(=O)(=O)Cl. The van der Waals surface area contributed by atoms with Gasteiger partial charge in [-0.05, 0) is 35.8 Å². The molecule has 2 aromatic rings. The van der Waals surface area contributed by atoms with Crippen LogP contribution in [0.25, 0.3) is 11.4 Å². The summed E-state index contributed by atoms with van der Waals surface area (Å²) < 4.78 is 25.3. The third-order valence-corrected chi connectivity index (χ3v) is 4.86. The highest BCUT2D eigenvalue weighted by atomic mass is 79.9. The Morgan fingerprint density at radius 3 is 2.56 bits per heavy atom. The summed E-state index contributed by atoms with van der Waals surface area (Å²) in [5, 5.41) is 9.25. The van der Waals surface area contributed by atoms with Gasteiger partial charge in [-0.3, -0.25) is 4.57 Å². The van der Waals surface area contributed by atoms with Gasteiger partial charge in [-0.2, -0.15) is 0 Å². The minimum absolute atomic E-state index is 0.114. The van der Waals surface area contributed by atoms with Gasteiger partial charge < -0.3 is 0 Å². The average Bonchev–Trinajstić information content (AvgIpc) is 2.80. The Bertz CT molecular complexity index is 678. The van der Waals surface area contributed by atoms with Gasteiger partial charge in [0.05, 0.1) is 3.79 Å². The molecule has 18 heavy (non-hydrogen) atoms. The number of nitrogens with zero attached hydrogens (tertiary/aromatic N) is 3. The molecule has 0 N–H and O–H groups in total. The van der Waals surface area contributed by atoms with Crippen LogP contribution in [0.4, 0.5) is 0 Å². The van der Waals surface area contributed by atoms with Crippen LogP contribution in [-0.2, 0) is 9.05 Å². The van der Waals surface area contributed by atoms with E-state index in [4.69, 9.17) is 10.7 Å². The minimum Gasteiger partial charge on any atom is -0.294 e. The molecule has 98 valence electrons. The van der Waals surface area contributed by atoms with Crippen LogP contribution in [0.2, 0.25) is 0 Å². The summed E-state index contributed by atoms with van der Waals surface area (Å²) in [4.78, 5) is 0. The number of hydrogen-bond donors (Lipinski definition) is 0. The molecule has 0 saturated carbocycles. The van der Waals surface area contributed by atoms with E-state index in [1.54, 1.807) is 0 Å². The largest absolute Gasteiger partial charge is 0.296 e. The van der Waals surface area contributed by atoms with Crippen molar-refractivity contribution in [3.63, 3.8) is 0 Å². The van der Waals surface area contributed by atoms with Crippen LogP contribution in [0.1, 0.15) is 19.9 Å². The summed E-state index contributed by atoms with van der Waals surface area (Å²) >= 11 is 4.84. The van der Waals surface area contributed by atoms with Gasteiger partial charge in [-0.25, -0.2) is 8.42 Å². The second kappa shape index (κ2) is 4.92. The lowest BCUT2D eigenvalue weighted by atomic mass is 10.3. The van der Waals surface area contributed by atoms with Crippen LogP contribution in [0.5, 0.6) is 0 Å². The number of hydrogen-bond acceptors (Lipinski definition) is 5. The van der Waals surface area contributed by atoms with Gasteiger partial charge in [0.15, 0.2) is 5.82 Å². The first-order valence-electron chi connectivity index (χ1n) is 4.94. The Morgan fingerprint density at radius 1 is 1.44 bits per heavy atom. The Morgan fingerprint density at radius 2 is 2.11 bits per heavy atom. The third kappa shape index (κ3) is 2.61. The minimum atomic E-state index is -3.91. The Kier molecular flexibility index (Phi) is 3.82. The van der Waals surface area contributed by atoms with Crippen molar-refractivity contribution >= 4 is 47.0 Å². The van der Waals surface area contributed by atoms with Crippen LogP contribution in [-0.4, -0.2) is 23.2 Å². The topological polar surface area (TPSA) is 64.8 Å². The van der Waals surface area contributed by atoms with Gasteiger partial charge in [0.2, 0.25) is 0 Å². The summed E-state index contributed by atoms with van der Waals surface area (Å²) in [6.45, 7) is 3.69. The van der Waals surface area contributed by atoms with E-state index in [1.807, 2.05) is 25.3 Å². The molecule has 0 unspecified atom stereocenters. The molecular formula is C9H9BrClN3O2S2. The van der Waals surface area contributed by atoms with Crippen molar-refractivity contribution in [1.29, 1.82) is 0 Å². The summed E-state index contributed by atoms with van der Waals surface area (Å²) in [5.74, 6) is 0.492. The quantitative estimate of drug-likeness (QED) is 0.778. The van der Waals surface area contributed by atoms with Crippen molar-refractivity contribution in [3.05, 3.63) is 15.2 Å². The average molecular weight is 371 g/mol. The van der Waals surface area contributed by atoms with Gasteiger partial charge in [-0.1, -0.05) is 0 Å². The van der Waals surface area contributed by atoms with E-state index in [0.717, 1.165) is 9.35 Å². The fourth-order valence-electron chi connectivity index (χ4n) is 1.53. The van der Waals surface area contributed by atoms with Crippen LogP contribution in [0.3, 0.4) is 0 Å². The Labute approximate surface area is 121 Å². The van der Waals surface area contributed by atoms with Gasteiger partial charge in [0, 0.05) is 27.7 Å². The van der Waals surface area contributed by atoms with Crippen LogP contribution in [0.15, 0.2) is 20.4 Å². The molecule has 0 radical (unpaired) electrons. The third-order valence-electron chi connectivity index (χ3n) is 2.22. The highest BCUT2D eigenvalue weighted by Crippen LogP contribution is 2.31. The maximum absolute atomic E-state index is 11.4. The number of thiophene rings is 1. The summed E-state index contributed by atoms with van der Waals surface area (Å²) in [5.41, 5.74) is 0.805. The lowest BCUT2D eigenvalue weighted by Crippen LogP contribution is -2.09. The molecule has 2 rings (SSSR count). The van der Waals surface area contributed by atoms with E-state index in [2.05, 4.69) is 26.1 Å².